The first-order chi connectivity index (χ1) is 17.7. The number of amides is 2. The van der Waals surface area contributed by atoms with Crippen molar-refractivity contribution in [1.82, 2.24) is 14.9 Å². The lowest BCUT2D eigenvalue weighted by Gasteiger charge is -2.32. The third-order valence-electron chi connectivity index (χ3n) is 6.25. The molecule has 4 rings (SSSR count). The molecule has 0 spiro atoms. The fourth-order valence-corrected chi connectivity index (χ4v) is 4.26. The van der Waals surface area contributed by atoms with Crippen LogP contribution >= 0.6 is 0 Å². The molecule has 3 aromatic rings. The van der Waals surface area contributed by atoms with Crippen LogP contribution in [-0.4, -0.2) is 46.1 Å². The normalized spacial score (nSPS) is 14.3. The molecule has 2 heterocycles. The van der Waals surface area contributed by atoms with Crippen LogP contribution in [0.5, 0.6) is 5.75 Å². The van der Waals surface area contributed by atoms with Gasteiger partial charge in [0.1, 0.15) is 11.4 Å². The van der Waals surface area contributed by atoms with Gasteiger partial charge in [-0.25, -0.2) is 4.98 Å². The molecule has 0 bridgehead atoms. The molecule has 1 N–H and O–H groups in total. The van der Waals surface area contributed by atoms with Gasteiger partial charge in [-0.05, 0) is 67.5 Å². The van der Waals surface area contributed by atoms with Crippen molar-refractivity contribution < 1.29 is 27.5 Å². The third-order valence-corrected chi connectivity index (χ3v) is 6.25. The van der Waals surface area contributed by atoms with E-state index in [0.29, 0.717) is 36.8 Å². The molecule has 37 heavy (non-hydrogen) atoms. The second kappa shape index (κ2) is 11.4. The van der Waals surface area contributed by atoms with Crippen molar-refractivity contribution in [2.24, 2.45) is 0 Å². The van der Waals surface area contributed by atoms with E-state index in [4.69, 9.17) is 0 Å². The first-order valence-electron chi connectivity index (χ1n) is 12.0. The summed E-state index contributed by atoms with van der Waals surface area (Å²) in [5, 5.41) is 2.85. The van der Waals surface area contributed by atoms with Crippen molar-refractivity contribution in [3.63, 3.8) is 0 Å². The summed E-state index contributed by atoms with van der Waals surface area (Å²) in [6, 6.07) is 13.2. The number of ether oxygens (including phenoxy) is 1. The number of carbonyl (C=O) groups is 2. The molecule has 0 radical (unpaired) electrons. The predicted molar refractivity (Wildman–Crippen MR) is 131 cm³/mol. The van der Waals surface area contributed by atoms with E-state index in [1.165, 1.54) is 30.5 Å². The van der Waals surface area contributed by atoms with Crippen LogP contribution in [0.25, 0.3) is 0 Å². The topological polar surface area (TPSA) is 84.4 Å². The standard InChI is InChI=1S/C27H27F3N4O3/c1-18-16-32-24(17-31-18)26(36)34-14-12-21(13-15-34)20-5-7-22(8-6-20)33-25(35)11-4-19-2-9-23(10-3-19)37-27(28,29)30/h2-3,5-10,16-17,21H,4,11-15H2,1H3,(H,33,35). The van der Waals surface area contributed by atoms with Crippen molar-refractivity contribution in [2.75, 3.05) is 18.4 Å². The first-order valence-corrected chi connectivity index (χ1v) is 12.0. The Morgan fingerprint density at radius 3 is 2.27 bits per heavy atom. The number of rotatable bonds is 7. The minimum atomic E-state index is -4.73. The van der Waals surface area contributed by atoms with E-state index in [2.05, 4.69) is 20.0 Å². The Balaban J connectivity index is 1.22. The summed E-state index contributed by atoms with van der Waals surface area (Å²) in [5.41, 5.74) is 3.69. The summed E-state index contributed by atoms with van der Waals surface area (Å²) >= 11 is 0. The maximum atomic E-state index is 12.6. The Kier molecular flexibility index (Phi) is 8.05. The monoisotopic (exact) mass is 512 g/mol. The van der Waals surface area contributed by atoms with E-state index in [0.717, 1.165) is 29.7 Å². The van der Waals surface area contributed by atoms with Crippen molar-refractivity contribution in [1.29, 1.82) is 0 Å². The molecule has 1 saturated heterocycles. The fraction of sp³-hybridized carbons (Fsp3) is 0.333. The van der Waals surface area contributed by atoms with Crippen LogP contribution in [0.4, 0.5) is 18.9 Å². The highest BCUT2D eigenvalue weighted by molar-refractivity contribution is 5.92. The predicted octanol–water partition coefficient (Wildman–Crippen LogP) is 5.27. The third kappa shape index (κ3) is 7.52. The molecule has 1 aromatic heterocycles. The first kappa shape index (κ1) is 26.1. The Labute approximate surface area is 212 Å². The van der Waals surface area contributed by atoms with Gasteiger partial charge in [-0.3, -0.25) is 14.6 Å². The number of aryl methyl sites for hydroxylation is 2. The Morgan fingerprint density at radius 2 is 1.68 bits per heavy atom. The highest BCUT2D eigenvalue weighted by atomic mass is 19.4. The van der Waals surface area contributed by atoms with E-state index in [-0.39, 0.29) is 24.0 Å². The van der Waals surface area contributed by atoms with Crippen molar-refractivity contribution >= 4 is 17.5 Å². The Morgan fingerprint density at radius 1 is 1.00 bits per heavy atom. The summed E-state index contributed by atoms with van der Waals surface area (Å²) < 4.78 is 40.6. The summed E-state index contributed by atoms with van der Waals surface area (Å²) in [7, 11) is 0. The number of hydrogen-bond donors (Lipinski definition) is 1. The van der Waals surface area contributed by atoms with Gasteiger partial charge in [0.2, 0.25) is 5.91 Å². The number of halogens is 3. The van der Waals surface area contributed by atoms with Gasteiger partial charge in [-0.2, -0.15) is 0 Å². The van der Waals surface area contributed by atoms with Gasteiger partial charge in [-0.15, -0.1) is 13.2 Å². The minimum Gasteiger partial charge on any atom is -0.406 e. The van der Waals surface area contributed by atoms with Crippen LogP contribution in [0.2, 0.25) is 0 Å². The molecule has 2 amide bonds. The lowest BCUT2D eigenvalue weighted by molar-refractivity contribution is -0.274. The number of anilines is 1. The number of nitrogens with zero attached hydrogens (tertiary/aromatic N) is 3. The number of likely N-dealkylation sites (tertiary alicyclic amines) is 1. The van der Waals surface area contributed by atoms with Crippen LogP contribution in [0.3, 0.4) is 0 Å². The number of aromatic nitrogens is 2. The van der Waals surface area contributed by atoms with Gasteiger partial charge >= 0.3 is 6.36 Å². The summed E-state index contributed by atoms with van der Waals surface area (Å²) in [4.78, 5) is 35.1. The zero-order valence-corrected chi connectivity index (χ0v) is 20.3. The summed E-state index contributed by atoms with van der Waals surface area (Å²) in [6.07, 6.45) is 0.632. The molecule has 0 saturated carbocycles. The number of carbonyl (C=O) groups excluding carboxylic acids is 2. The van der Waals surface area contributed by atoms with Crippen molar-refractivity contribution in [3.8, 4) is 5.75 Å². The van der Waals surface area contributed by atoms with Gasteiger partial charge < -0.3 is 15.0 Å². The van der Waals surface area contributed by atoms with Crippen LogP contribution in [-0.2, 0) is 11.2 Å². The van der Waals surface area contributed by atoms with E-state index in [1.54, 1.807) is 11.1 Å². The summed E-state index contributed by atoms with van der Waals surface area (Å²) in [6.45, 7) is 3.11. The maximum absolute atomic E-state index is 12.6. The maximum Gasteiger partial charge on any atom is 0.573 e. The molecule has 0 atom stereocenters. The highest BCUT2D eigenvalue weighted by Gasteiger charge is 2.31. The SMILES string of the molecule is Cc1cnc(C(=O)N2CCC(c3ccc(NC(=O)CCc4ccc(OC(F)(F)F)cc4)cc3)CC2)cn1. The summed E-state index contributed by atoms with van der Waals surface area (Å²) in [5.74, 6) is -0.259. The van der Waals surface area contributed by atoms with E-state index in [1.807, 2.05) is 31.2 Å². The van der Waals surface area contributed by atoms with Crippen LogP contribution in [0, 0.1) is 6.92 Å². The van der Waals surface area contributed by atoms with Gasteiger partial charge in [-0.1, -0.05) is 24.3 Å². The van der Waals surface area contributed by atoms with Crippen molar-refractivity contribution in [3.05, 3.63) is 83.4 Å². The molecule has 7 nitrogen and oxygen atoms in total. The van der Waals surface area contributed by atoms with Gasteiger partial charge in [0, 0.05) is 31.4 Å². The fourth-order valence-electron chi connectivity index (χ4n) is 4.26. The van der Waals surface area contributed by atoms with Gasteiger partial charge in [0.15, 0.2) is 0 Å². The molecular weight excluding hydrogens is 485 g/mol. The van der Waals surface area contributed by atoms with E-state index >= 15 is 0 Å². The van der Waals surface area contributed by atoms with Crippen LogP contribution < -0.4 is 10.1 Å². The number of hydrogen-bond acceptors (Lipinski definition) is 5. The molecule has 0 aliphatic carbocycles. The van der Waals surface area contributed by atoms with Gasteiger partial charge in [0.05, 0.1) is 11.9 Å². The zero-order chi connectivity index (χ0) is 26.4. The number of piperidine rings is 1. The van der Waals surface area contributed by atoms with Crippen molar-refractivity contribution in [2.45, 2.75) is 44.9 Å². The number of alkyl halides is 3. The second-order valence-corrected chi connectivity index (χ2v) is 8.97. The largest absolute Gasteiger partial charge is 0.573 e. The Hall–Kier alpha value is -3.95. The molecule has 1 aliphatic heterocycles. The smallest absolute Gasteiger partial charge is 0.406 e. The zero-order valence-electron chi connectivity index (χ0n) is 20.3. The molecule has 194 valence electrons. The average Bonchev–Trinajstić information content (AvgIpc) is 2.88. The number of nitrogens with one attached hydrogen (secondary N) is 1. The lowest BCUT2D eigenvalue weighted by Crippen LogP contribution is -2.38. The minimum absolute atomic E-state index is 0.102. The molecule has 1 aliphatic rings. The van der Waals surface area contributed by atoms with Crippen LogP contribution in [0.15, 0.2) is 60.9 Å². The second-order valence-electron chi connectivity index (χ2n) is 8.97. The molecular formula is C27H27F3N4O3. The quantitative estimate of drug-likeness (QED) is 0.466. The van der Waals surface area contributed by atoms with E-state index in [9.17, 15) is 22.8 Å². The average molecular weight is 513 g/mol. The van der Waals surface area contributed by atoms with Gasteiger partial charge in [0.25, 0.3) is 5.91 Å². The molecule has 1 fully saturated rings. The highest BCUT2D eigenvalue weighted by Crippen LogP contribution is 2.29. The van der Waals surface area contributed by atoms with Crippen LogP contribution in [0.1, 0.15) is 52.5 Å². The van der Waals surface area contributed by atoms with E-state index < -0.39 is 6.36 Å². The Bertz CT molecular complexity index is 1210. The number of benzene rings is 2. The molecule has 2 aromatic carbocycles. The molecule has 10 heteroatoms. The molecule has 0 unspecified atom stereocenters. The lowest BCUT2D eigenvalue weighted by atomic mass is 9.89.